The number of hydrogen-bond acceptors (Lipinski definition) is 4. The molecule has 32 heavy (non-hydrogen) atoms. The van der Waals surface area contributed by atoms with Crippen LogP contribution >= 0.6 is 0 Å². The van der Waals surface area contributed by atoms with Crippen LogP contribution in [0.2, 0.25) is 0 Å². The second kappa shape index (κ2) is 8.41. The lowest BCUT2D eigenvalue weighted by Gasteiger charge is -2.22. The van der Waals surface area contributed by atoms with E-state index in [-0.39, 0.29) is 22.6 Å². The van der Waals surface area contributed by atoms with Gasteiger partial charge in [0.05, 0.1) is 16.9 Å². The van der Waals surface area contributed by atoms with Crippen LogP contribution in [0.3, 0.4) is 0 Å². The average Bonchev–Trinajstić information content (AvgIpc) is 3.45. The normalized spacial score (nSPS) is 13.9. The summed E-state index contributed by atoms with van der Waals surface area (Å²) in [5, 5.41) is 2.74. The van der Waals surface area contributed by atoms with E-state index in [1.807, 2.05) is 0 Å². The first kappa shape index (κ1) is 21.5. The van der Waals surface area contributed by atoms with E-state index in [2.05, 4.69) is 10.2 Å². The number of rotatable bonds is 5. The summed E-state index contributed by atoms with van der Waals surface area (Å²) in [5.74, 6) is -1.16. The topological polar surface area (TPSA) is 88.6 Å². The molecule has 1 aliphatic heterocycles. The molecule has 1 fully saturated rings. The maximum absolute atomic E-state index is 13.0. The van der Waals surface area contributed by atoms with Crippen LogP contribution in [0.5, 0.6) is 0 Å². The molecular weight excluding hydrogens is 423 g/mol. The minimum absolute atomic E-state index is 0.0748. The van der Waals surface area contributed by atoms with Crippen molar-refractivity contribution in [1.29, 1.82) is 0 Å². The highest BCUT2D eigenvalue weighted by molar-refractivity contribution is 6.05. The molecule has 2 aromatic carbocycles. The molecule has 0 bridgehead atoms. The number of amides is 2. The Labute approximate surface area is 181 Å². The lowest BCUT2D eigenvalue weighted by molar-refractivity contribution is -0.137. The van der Waals surface area contributed by atoms with Crippen LogP contribution in [0, 0.1) is 0 Å². The predicted octanol–water partition coefficient (Wildman–Crippen LogP) is 4.92. The smallest absolute Gasteiger partial charge is 0.416 e. The molecule has 0 unspecified atom stereocenters. The van der Waals surface area contributed by atoms with Gasteiger partial charge in [0, 0.05) is 24.2 Å². The van der Waals surface area contributed by atoms with Crippen molar-refractivity contribution in [2.45, 2.75) is 19.0 Å². The van der Waals surface area contributed by atoms with E-state index >= 15 is 0 Å². The molecule has 1 aromatic heterocycles. The van der Waals surface area contributed by atoms with E-state index in [0.29, 0.717) is 5.69 Å². The lowest BCUT2D eigenvalue weighted by atomic mass is 10.1. The number of carbonyl (C=O) groups is 2. The number of furan rings is 1. The van der Waals surface area contributed by atoms with Gasteiger partial charge in [0.15, 0.2) is 5.76 Å². The van der Waals surface area contributed by atoms with Crippen LogP contribution in [0.1, 0.15) is 39.3 Å². The molecule has 1 saturated heterocycles. The Hall–Kier alpha value is -3.75. The number of halogens is 3. The predicted molar refractivity (Wildman–Crippen MR) is 114 cm³/mol. The van der Waals surface area contributed by atoms with Crippen molar-refractivity contribution in [3.63, 3.8) is 0 Å². The summed E-state index contributed by atoms with van der Waals surface area (Å²) in [6, 6.07) is 12.3. The van der Waals surface area contributed by atoms with Crippen molar-refractivity contribution in [2.75, 3.05) is 23.3 Å². The number of alkyl halides is 3. The standard InChI is InChI=1S/C23H20F3N3O3/c24-23(25,26)16-5-3-4-14(12-16)19-8-9-20(32-19)22(31)28-17-13-15(21(27)30)6-7-18(17)29-10-1-2-11-29/h3-9,12-13H,1-2,10-11H2,(H2,27,30)(H,28,31). The number of carbonyl (C=O) groups excluding carboxylic acids is 2. The molecule has 2 amide bonds. The molecule has 6 nitrogen and oxygen atoms in total. The number of benzene rings is 2. The van der Waals surface area contributed by atoms with Crippen LogP contribution in [0.15, 0.2) is 59.0 Å². The summed E-state index contributed by atoms with van der Waals surface area (Å²) in [6.07, 6.45) is -2.45. The molecule has 1 aliphatic rings. The minimum atomic E-state index is -4.49. The zero-order chi connectivity index (χ0) is 22.9. The van der Waals surface area contributed by atoms with Gasteiger partial charge in [-0.2, -0.15) is 13.2 Å². The van der Waals surface area contributed by atoms with Crippen molar-refractivity contribution >= 4 is 23.2 Å². The van der Waals surface area contributed by atoms with Gasteiger partial charge in [-0.3, -0.25) is 9.59 Å². The van der Waals surface area contributed by atoms with Gasteiger partial charge in [-0.15, -0.1) is 0 Å². The van der Waals surface area contributed by atoms with Crippen LogP contribution in [-0.2, 0) is 6.18 Å². The van der Waals surface area contributed by atoms with Crippen molar-refractivity contribution < 1.29 is 27.2 Å². The third-order valence-corrected chi connectivity index (χ3v) is 5.28. The Bertz CT molecular complexity index is 1160. The molecule has 3 aromatic rings. The summed E-state index contributed by atoms with van der Waals surface area (Å²) in [4.78, 5) is 26.5. The first-order chi connectivity index (χ1) is 15.2. The largest absolute Gasteiger partial charge is 0.451 e. The maximum Gasteiger partial charge on any atom is 0.416 e. The fraction of sp³-hybridized carbons (Fsp3) is 0.217. The van der Waals surface area contributed by atoms with Gasteiger partial charge < -0.3 is 20.4 Å². The Morgan fingerprint density at radius 3 is 2.44 bits per heavy atom. The Kier molecular flexibility index (Phi) is 5.65. The van der Waals surface area contributed by atoms with Gasteiger partial charge in [-0.1, -0.05) is 12.1 Å². The van der Waals surface area contributed by atoms with Crippen molar-refractivity contribution in [2.24, 2.45) is 5.73 Å². The van der Waals surface area contributed by atoms with Crippen LogP contribution in [0.25, 0.3) is 11.3 Å². The molecule has 2 heterocycles. The summed E-state index contributed by atoms with van der Waals surface area (Å²) in [5.41, 5.74) is 6.17. The monoisotopic (exact) mass is 443 g/mol. The zero-order valence-electron chi connectivity index (χ0n) is 16.9. The maximum atomic E-state index is 13.0. The van der Waals surface area contributed by atoms with Crippen molar-refractivity contribution in [1.82, 2.24) is 0 Å². The summed E-state index contributed by atoms with van der Waals surface area (Å²) >= 11 is 0. The quantitative estimate of drug-likeness (QED) is 0.586. The molecule has 4 rings (SSSR count). The van der Waals surface area contributed by atoms with Crippen LogP contribution < -0.4 is 16.0 Å². The Balaban J connectivity index is 1.60. The van der Waals surface area contributed by atoms with E-state index in [9.17, 15) is 22.8 Å². The SMILES string of the molecule is NC(=O)c1ccc(N2CCCC2)c(NC(=O)c2ccc(-c3cccc(C(F)(F)F)c3)o2)c1. The number of anilines is 2. The molecule has 0 atom stereocenters. The number of nitrogens with one attached hydrogen (secondary N) is 1. The molecule has 166 valence electrons. The highest BCUT2D eigenvalue weighted by Crippen LogP contribution is 2.33. The van der Waals surface area contributed by atoms with E-state index in [1.165, 1.54) is 30.3 Å². The summed E-state index contributed by atoms with van der Waals surface area (Å²) in [7, 11) is 0. The third-order valence-electron chi connectivity index (χ3n) is 5.28. The molecule has 0 saturated carbocycles. The van der Waals surface area contributed by atoms with Crippen molar-refractivity contribution in [3.8, 4) is 11.3 Å². The molecule has 0 spiro atoms. The lowest BCUT2D eigenvalue weighted by Crippen LogP contribution is -2.22. The van der Waals surface area contributed by atoms with Gasteiger partial charge in [0.25, 0.3) is 5.91 Å². The van der Waals surface area contributed by atoms with Gasteiger partial charge in [0.2, 0.25) is 5.91 Å². The molecule has 9 heteroatoms. The fourth-order valence-electron chi connectivity index (χ4n) is 3.67. The van der Waals surface area contributed by atoms with Crippen molar-refractivity contribution in [3.05, 3.63) is 71.5 Å². The first-order valence-corrected chi connectivity index (χ1v) is 10.00. The van der Waals surface area contributed by atoms with Gasteiger partial charge in [0.1, 0.15) is 5.76 Å². The minimum Gasteiger partial charge on any atom is -0.451 e. The number of hydrogen-bond donors (Lipinski definition) is 2. The number of nitrogens with zero attached hydrogens (tertiary/aromatic N) is 1. The molecule has 3 N–H and O–H groups in total. The van der Waals surface area contributed by atoms with Gasteiger partial charge >= 0.3 is 6.18 Å². The van der Waals surface area contributed by atoms with Crippen LogP contribution in [-0.4, -0.2) is 24.9 Å². The molecule has 0 radical (unpaired) electrons. The van der Waals surface area contributed by atoms with Crippen LogP contribution in [0.4, 0.5) is 24.5 Å². The Morgan fingerprint density at radius 1 is 1.00 bits per heavy atom. The van der Waals surface area contributed by atoms with Gasteiger partial charge in [-0.05, 0) is 55.3 Å². The number of primary amides is 1. The third kappa shape index (κ3) is 4.46. The highest BCUT2D eigenvalue weighted by Gasteiger charge is 2.30. The highest BCUT2D eigenvalue weighted by atomic mass is 19.4. The molecular formula is C23H20F3N3O3. The van der Waals surface area contributed by atoms with E-state index in [4.69, 9.17) is 10.2 Å². The fourth-order valence-corrected chi connectivity index (χ4v) is 3.67. The zero-order valence-corrected chi connectivity index (χ0v) is 16.9. The Morgan fingerprint density at radius 2 is 1.75 bits per heavy atom. The van der Waals surface area contributed by atoms with Gasteiger partial charge in [-0.25, -0.2) is 0 Å². The van der Waals surface area contributed by atoms with E-state index in [1.54, 1.807) is 12.1 Å². The summed E-state index contributed by atoms with van der Waals surface area (Å²) in [6.45, 7) is 1.64. The average molecular weight is 443 g/mol. The van der Waals surface area contributed by atoms with E-state index in [0.717, 1.165) is 43.8 Å². The first-order valence-electron chi connectivity index (χ1n) is 10.00. The number of nitrogens with two attached hydrogens (primary N) is 1. The summed E-state index contributed by atoms with van der Waals surface area (Å²) < 4.78 is 44.5. The second-order valence-corrected chi connectivity index (χ2v) is 7.49. The second-order valence-electron chi connectivity index (χ2n) is 7.49. The van der Waals surface area contributed by atoms with E-state index < -0.39 is 23.6 Å². The molecule has 0 aliphatic carbocycles.